The first-order valence-corrected chi connectivity index (χ1v) is 7.02. The van der Waals surface area contributed by atoms with Crippen molar-refractivity contribution >= 4 is 27.9 Å². The Labute approximate surface area is 116 Å². The van der Waals surface area contributed by atoms with Crippen LogP contribution in [-0.2, 0) is 4.74 Å². The summed E-state index contributed by atoms with van der Waals surface area (Å²) in [5.74, 6) is 0.680. The van der Waals surface area contributed by atoms with Gasteiger partial charge in [-0.05, 0) is 52.9 Å². The second-order valence-electron chi connectivity index (χ2n) is 4.71. The van der Waals surface area contributed by atoms with Gasteiger partial charge in [-0.2, -0.15) is 0 Å². The molecule has 1 aromatic carbocycles. The van der Waals surface area contributed by atoms with Crippen molar-refractivity contribution in [3.05, 3.63) is 28.2 Å². The van der Waals surface area contributed by atoms with Crippen LogP contribution in [0.15, 0.2) is 22.7 Å². The molecule has 1 heterocycles. The van der Waals surface area contributed by atoms with E-state index in [1.165, 1.54) is 5.69 Å². The van der Waals surface area contributed by atoms with Crippen LogP contribution in [0.2, 0.25) is 0 Å². The Morgan fingerprint density at radius 3 is 2.72 bits per heavy atom. The van der Waals surface area contributed by atoms with Crippen LogP contribution in [0.3, 0.4) is 0 Å². The number of benzene rings is 1. The number of methoxy groups -OCH3 is 1. The van der Waals surface area contributed by atoms with E-state index in [0.29, 0.717) is 11.5 Å². The molecule has 0 unspecified atom stereocenters. The molecule has 1 aliphatic rings. The fourth-order valence-corrected chi connectivity index (χ4v) is 3.08. The lowest BCUT2D eigenvalue weighted by Gasteiger charge is -2.34. The zero-order valence-electron chi connectivity index (χ0n) is 10.6. The van der Waals surface area contributed by atoms with Crippen molar-refractivity contribution < 1.29 is 9.53 Å². The normalized spacial score (nSPS) is 16.9. The van der Waals surface area contributed by atoms with Gasteiger partial charge in [0.2, 0.25) is 0 Å². The van der Waals surface area contributed by atoms with Crippen molar-refractivity contribution in [1.29, 1.82) is 0 Å². The highest BCUT2D eigenvalue weighted by atomic mass is 79.9. The standard InChI is InChI=1S/C14H18BrNO2/c1-18-10-11-4-6-16(7-5-11)14-3-2-12(9-17)8-13(14)15/h2-3,8-9,11H,4-7,10H2,1H3. The van der Waals surface area contributed by atoms with Gasteiger partial charge in [0.05, 0.1) is 5.69 Å². The van der Waals surface area contributed by atoms with Crippen LogP contribution >= 0.6 is 15.9 Å². The lowest BCUT2D eigenvalue weighted by Crippen LogP contribution is -2.35. The average Bonchev–Trinajstić information content (AvgIpc) is 2.40. The van der Waals surface area contributed by atoms with Gasteiger partial charge in [0.1, 0.15) is 6.29 Å². The van der Waals surface area contributed by atoms with Gasteiger partial charge in [-0.3, -0.25) is 4.79 Å². The van der Waals surface area contributed by atoms with E-state index in [-0.39, 0.29) is 0 Å². The van der Waals surface area contributed by atoms with E-state index in [1.54, 1.807) is 7.11 Å². The Kier molecular flexibility index (Phi) is 4.78. The number of aldehydes is 1. The lowest BCUT2D eigenvalue weighted by atomic mass is 9.97. The van der Waals surface area contributed by atoms with Crippen LogP contribution in [0.5, 0.6) is 0 Å². The topological polar surface area (TPSA) is 29.5 Å². The molecule has 18 heavy (non-hydrogen) atoms. The Morgan fingerprint density at radius 1 is 1.44 bits per heavy atom. The number of nitrogens with zero attached hydrogens (tertiary/aromatic N) is 1. The summed E-state index contributed by atoms with van der Waals surface area (Å²) in [5.41, 5.74) is 1.89. The first-order chi connectivity index (χ1) is 8.74. The molecule has 0 saturated carbocycles. The van der Waals surface area contributed by atoms with Crippen molar-refractivity contribution in [2.75, 3.05) is 31.7 Å². The van der Waals surface area contributed by atoms with Crippen molar-refractivity contribution in [3.8, 4) is 0 Å². The number of ether oxygens (including phenoxy) is 1. The molecule has 0 radical (unpaired) electrons. The van der Waals surface area contributed by atoms with Gasteiger partial charge in [-0.15, -0.1) is 0 Å². The number of carbonyl (C=O) groups is 1. The zero-order valence-corrected chi connectivity index (χ0v) is 12.1. The molecule has 0 aliphatic carbocycles. The molecule has 1 aromatic rings. The summed E-state index contributed by atoms with van der Waals surface area (Å²) in [4.78, 5) is 13.1. The van der Waals surface area contributed by atoms with Gasteiger partial charge in [0.15, 0.2) is 0 Å². The Bertz CT molecular complexity index is 414. The van der Waals surface area contributed by atoms with Gasteiger partial charge < -0.3 is 9.64 Å². The summed E-state index contributed by atoms with van der Waals surface area (Å²) in [6.45, 7) is 2.96. The zero-order chi connectivity index (χ0) is 13.0. The van der Waals surface area contributed by atoms with Crippen LogP contribution in [0.25, 0.3) is 0 Å². The van der Waals surface area contributed by atoms with Crippen molar-refractivity contribution in [1.82, 2.24) is 0 Å². The van der Waals surface area contributed by atoms with Crippen molar-refractivity contribution in [2.45, 2.75) is 12.8 Å². The third kappa shape index (κ3) is 3.12. The Morgan fingerprint density at radius 2 is 2.17 bits per heavy atom. The molecule has 3 nitrogen and oxygen atoms in total. The SMILES string of the molecule is COCC1CCN(c2ccc(C=O)cc2Br)CC1. The summed E-state index contributed by atoms with van der Waals surface area (Å²) in [7, 11) is 1.76. The summed E-state index contributed by atoms with van der Waals surface area (Å²) in [5, 5.41) is 0. The van der Waals surface area contributed by atoms with Crippen LogP contribution < -0.4 is 4.90 Å². The monoisotopic (exact) mass is 311 g/mol. The number of anilines is 1. The maximum Gasteiger partial charge on any atom is 0.150 e. The molecule has 0 spiro atoms. The molecule has 0 atom stereocenters. The maximum atomic E-state index is 10.7. The number of hydrogen-bond donors (Lipinski definition) is 0. The molecule has 98 valence electrons. The summed E-state index contributed by atoms with van der Waals surface area (Å²) >= 11 is 3.54. The summed E-state index contributed by atoms with van der Waals surface area (Å²) in [6.07, 6.45) is 3.20. The molecule has 1 saturated heterocycles. The lowest BCUT2D eigenvalue weighted by molar-refractivity contribution is 0.112. The predicted molar refractivity (Wildman–Crippen MR) is 76.3 cm³/mol. The highest BCUT2D eigenvalue weighted by molar-refractivity contribution is 9.10. The summed E-state index contributed by atoms with van der Waals surface area (Å²) < 4.78 is 6.21. The average molecular weight is 312 g/mol. The van der Waals surface area contributed by atoms with E-state index in [2.05, 4.69) is 20.8 Å². The minimum absolute atomic E-state index is 0.680. The quantitative estimate of drug-likeness (QED) is 0.800. The summed E-state index contributed by atoms with van der Waals surface area (Å²) in [6, 6.07) is 5.77. The van der Waals surface area contributed by atoms with E-state index in [0.717, 1.165) is 43.3 Å². The van der Waals surface area contributed by atoms with Gasteiger partial charge in [-0.25, -0.2) is 0 Å². The molecule has 1 aliphatic heterocycles. The van der Waals surface area contributed by atoms with Gasteiger partial charge in [0.25, 0.3) is 0 Å². The number of halogens is 1. The van der Waals surface area contributed by atoms with Crippen LogP contribution in [0, 0.1) is 5.92 Å². The van der Waals surface area contributed by atoms with E-state index in [1.807, 2.05) is 18.2 Å². The molecule has 2 rings (SSSR count). The first kappa shape index (κ1) is 13.6. The number of hydrogen-bond acceptors (Lipinski definition) is 3. The van der Waals surface area contributed by atoms with Gasteiger partial charge >= 0.3 is 0 Å². The molecule has 0 amide bonds. The van der Waals surface area contributed by atoms with Crippen molar-refractivity contribution in [2.24, 2.45) is 5.92 Å². The van der Waals surface area contributed by atoms with E-state index in [9.17, 15) is 4.79 Å². The fraction of sp³-hybridized carbons (Fsp3) is 0.500. The molecule has 0 N–H and O–H groups in total. The predicted octanol–water partition coefficient (Wildman–Crippen LogP) is 3.12. The Hall–Kier alpha value is -0.870. The van der Waals surface area contributed by atoms with Gasteiger partial charge in [0, 0.05) is 36.8 Å². The maximum absolute atomic E-state index is 10.7. The third-order valence-corrected chi connectivity index (χ3v) is 4.10. The molecular weight excluding hydrogens is 294 g/mol. The van der Waals surface area contributed by atoms with Crippen LogP contribution in [0.1, 0.15) is 23.2 Å². The van der Waals surface area contributed by atoms with Crippen molar-refractivity contribution in [3.63, 3.8) is 0 Å². The number of rotatable bonds is 4. The fourth-order valence-electron chi connectivity index (χ4n) is 2.43. The van der Waals surface area contributed by atoms with Crippen LogP contribution in [0.4, 0.5) is 5.69 Å². The largest absolute Gasteiger partial charge is 0.384 e. The second-order valence-corrected chi connectivity index (χ2v) is 5.57. The molecule has 4 heteroatoms. The van der Waals surface area contributed by atoms with E-state index < -0.39 is 0 Å². The highest BCUT2D eigenvalue weighted by Gasteiger charge is 2.20. The smallest absolute Gasteiger partial charge is 0.150 e. The van der Waals surface area contributed by atoms with E-state index >= 15 is 0 Å². The van der Waals surface area contributed by atoms with E-state index in [4.69, 9.17) is 4.74 Å². The van der Waals surface area contributed by atoms with Gasteiger partial charge in [-0.1, -0.05) is 0 Å². The molecule has 1 fully saturated rings. The number of piperidine rings is 1. The molecular formula is C14H18BrNO2. The third-order valence-electron chi connectivity index (χ3n) is 3.47. The minimum atomic E-state index is 0.680. The minimum Gasteiger partial charge on any atom is -0.384 e. The van der Waals surface area contributed by atoms with Crippen LogP contribution in [-0.4, -0.2) is 33.1 Å². The second kappa shape index (κ2) is 6.34. The molecule has 0 bridgehead atoms. The highest BCUT2D eigenvalue weighted by Crippen LogP contribution is 2.30. The Balaban J connectivity index is 2.03. The molecule has 0 aromatic heterocycles. The number of carbonyl (C=O) groups excluding carboxylic acids is 1. The first-order valence-electron chi connectivity index (χ1n) is 6.23.